The lowest BCUT2D eigenvalue weighted by molar-refractivity contribution is -0.132. The number of carbonyl (C=O) groups excluding carboxylic acids is 2. The first-order valence-electron chi connectivity index (χ1n) is 9.40. The summed E-state index contributed by atoms with van der Waals surface area (Å²) in [6.45, 7) is 11.0. The smallest absolute Gasteiger partial charge is 0.236 e. The van der Waals surface area contributed by atoms with Gasteiger partial charge in [-0.05, 0) is 24.7 Å². The minimum atomic E-state index is 0.181. The van der Waals surface area contributed by atoms with Gasteiger partial charge >= 0.3 is 0 Å². The van der Waals surface area contributed by atoms with Crippen LogP contribution in [0.1, 0.15) is 26.7 Å². The van der Waals surface area contributed by atoms with Gasteiger partial charge in [-0.2, -0.15) is 0 Å². The summed E-state index contributed by atoms with van der Waals surface area (Å²) >= 11 is 0. The lowest BCUT2D eigenvalue weighted by Crippen LogP contribution is -2.53. The number of piperazine rings is 1. The van der Waals surface area contributed by atoms with Gasteiger partial charge < -0.3 is 9.80 Å². The third-order valence-corrected chi connectivity index (χ3v) is 5.89. The Hall–Kier alpha value is -1.14. The summed E-state index contributed by atoms with van der Waals surface area (Å²) in [6.07, 6.45) is 2.57. The quantitative estimate of drug-likeness (QED) is 0.726. The Balaban J connectivity index is 1.46. The minimum Gasteiger partial charge on any atom is -0.344 e. The molecule has 3 aliphatic rings. The van der Waals surface area contributed by atoms with E-state index in [9.17, 15) is 9.59 Å². The Bertz CT molecular complexity index is 472. The van der Waals surface area contributed by atoms with E-state index >= 15 is 0 Å². The zero-order chi connectivity index (χ0) is 17.3. The van der Waals surface area contributed by atoms with Gasteiger partial charge in [0.25, 0.3) is 0 Å². The van der Waals surface area contributed by atoms with Gasteiger partial charge in [-0.1, -0.05) is 6.92 Å². The number of likely N-dealkylation sites (tertiary alicyclic amines) is 1. The van der Waals surface area contributed by atoms with Crippen molar-refractivity contribution in [2.75, 3.05) is 59.4 Å². The first kappa shape index (κ1) is 17.7. The fourth-order valence-electron chi connectivity index (χ4n) is 4.12. The molecule has 2 saturated heterocycles. The van der Waals surface area contributed by atoms with Crippen LogP contribution >= 0.6 is 0 Å². The molecule has 0 N–H and O–H groups in total. The highest BCUT2D eigenvalue weighted by Crippen LogP contribution is 2.29. The molecular weight excluding hydrogens is 304 g/mol. The summed E-state index contributed by atoms with van der Waals surface area (Å²) in [5.74, 6) is 1.77. The van der Waals surface area contributed by atoms with Gasteiger partial charge in [-0.25, -0.2) is 0 Å². The van der Waals surface area contributed by atoms with Crippen molar-refractivity contribution in [3.63, 3.8) is 0 Å². The molecule has 1 aliphatic carbocycles. The van der Waals surface area contributed by atoms with Crippen molar-refractivity contribution in [3.05, 3.63) is 0 Å². The standard InChI is InChI=1S/C18H32N4O2/c1-14-10-20(13-18(24)19(3)11-16-4-5-16)12-17(14)22-8-6-21(7-9-22)15(2)23/h14,16-17H,4-13H2,1-3H3/t14-,17-/m0/s1. The molecule has 0 aromatic rings. The number of hydrogen-bond acceptors (Lipinski definition) is 4. The number of hydrogen-bond donors (Lipinski definition) is 0. The van der Waals surface area contributed by atoms with Crippen LogP contribution in [0.2, 0.25) is 0 Å². The summed E-state index contributed by atoms with van der Waals surface area (Å²) in [5, 5.41) is 0. The first-order chi connectivity index (χ1) is 11.4. The number of nitrogens with zero attached hydrogens (tertiary/aromatic N) is 4. The van der Waals surface area contributed by atoms with Gasteiger partial charge in [0, 0.05) is 65.8 Å². The van der Waals surface area contributed by atoms with Crippen LogP contribution in [0.15, 0.2) is 0 Å². The number of carbonyl (C=O) groups is 2. The van der Waals surface area contributed by atoms with Crippen LogP contribution in [0.3, 0.4) is 0 Å². The second-order valence-electron chi connectivity index (χ2n) is 8.00. The lowest BCUT2D eigenvalue weighted by atomic mass is 10.0. The van der Waals surface area contributed by atoms with Crippen LogP contribution < -0.4 is 0 Å². The van der Waals surface area contributed by atoms with Crippen molar-refractivity contribution < 1.29 is 9.59 Å². The molecule has 24 heavy (non-hydrogen) atoms. The molecule has 0 aromatic carbocycles. The highest BCUT2D eigenvalue weighted by molar-refractivity contribution is 5.78. The van der Waals surface area contributed by atoms with Gasteiger partial charge in [0.15, 0.2) is 0 Å². The molecule has 2 atom stereocenters. The molecule has 0 bridgehead atoms. The molecule has 2 aliphatic heterocycles. The molecule has 0 aromatic heterocycles. The summed E-state index contributed by atoms with van der Waals surface area (Å²) in [4.78, 5) is 32.5. The van der Waals surface area contributed by atoms with Crippen molar-refractivity contribution in [1.29, 1.82) is 0 Å². The van der Waals surface area contributed by atoms with Gasteiger partial charge in [-0.15, -0.1) is 0 Å². The predicted octanol–water partition coefficient (Wildman–Crippen LogP) is 0.339. The van der Waals surface area contributed by atoms with Crippen molar-refractivity contribution >= 4 is 11.8 Å². The highest BCUT2D eigenvalue weighted by Gasteiger charge is 2.36. The highest BCUT2D eigenvalue weighted by atomic mass is 16.2. The van der Waals surface area contributed by atoms with E-state index in [4.69, 9.17) is 0 Å². The van der Waals surface area contributed by atoms with E-state index in [1.807, 2.05) is 16.8 Å². The number of likely N-dealkylation sites (N-methyl/N-ethyl adjacent to an activating group) is 1. The Morgan fingerprint density at radius 3 is 2.33 bits per heavy atom. The predicted molar refractivity (Wildman–Crippen MR) is 93.6 cm³/mol. The molecular formula is C18H32N4O2. The van der Waals surface area contributed by atoms with Gasteiger partial charge in [-0.3, -0.25) is 19.4 Å². The second-order valence-corrected chi connectivity index (χ2v) is 8.00. The Morgan fingerprint density at radius 2 is 1.75 bits per heavy atom. The molecule has 3 rings (SSSR count). The molecule has 0 spiro atoms. The van der Waals surface area contributed by atoms with E-state index in [1.54, 1.807) is 6.92 Å². The maximum absolute atomic E-state index is 12.4. The normalized spacial score (nSPS) is 29.0. The molecule has 3 fully saturated rings. The zero-order valence-electron chi connectivity index (χ0n) is 15.4. The van der Waals surface area contributed by atoms with Gasteiger partial charge in [0.1, 0.15) is 0 Å². The van der Waals surface area contributed by atoms with Crippen molar-refractivity contribution in [2.24, 2.45) is 11.8 Å². The molecule has 0 unspecified atom stereocenters. The Kier molecular flexibility index (Phi) is 5.45. The topological polar surface area (TPSA) is 47.1 Å². The van der Waals surface area contributed by atoms with Gasteiger partial charge in [0.05, 0.1) is 6.54 Å². The molecule has 6 heteroatoms. The third kappa shape index (κ3) is 4.28. The number of amides is 2. The summed E-state index contributed by atoms with van der Waals surface area (Å²) in [7, 11) is 1.94. The second kappa shape index (κ2) is 7.40. The van der Waals surface area contributed by atoms with E-state index in [2.05, 4.69) is 16.7 Å². The number of rotatable bonds is 5. The van der Waals surface area contributed by atoms with Crippen LogP contribution in [-0.2, 0) is 9.59 Å². The summed E-state index contributed by atoms with van der Waals surface area (Å²) < 4.78 is 0. The monoisotopic (exact) mass is 336 g/mol. The van der Waals surface area contributed by atoms with Crippen LogP contribution in [-0.4, -0.2) is 96.9 Å². The van der Waals surface area contributed by atoms with Gasteiger partial charge in [0.2, 0.25) is 11.8 Å². The fourth-order valence-corrected chi connectivity index (χ4v) is 4.12. The molecule has 1 saturated carbocycles. The lowest BCUT2D eigenvalue weighted by Gasteiger charge is -2.39. The molecule has 2 heterocycles. The van der Waals surface area contributed by atoms with Crippen LogP contribution in [0.4, 0.5) is 0 Å². The van der Waals surface area contributed by atoms with E-state index in [1.165, 1.54) is 12.8 Å². The maximum atomic E-state index is 12.4. The van der Waals surface area contributed by atoms with E-state index in [0.29, 0.717) is 18.5 Å². The van der Waals surface area contributed by atoms with E-state index in [0.717, 1.165) is 51.7 Å². The van der Waals surface area contributed by atoms with Crippen LogP contribution in [0.5, 0.6) is 0 Å². The molecule has 136 valence electrons. The molecule has 2 amide bonds. The summed E-state index contributed by atoms with van der Waals surface area (Å²) in [6, 6.07) is 0.514. The van der Waals surface area contributed by atoms with E-state index < -0.39 is 0 Å². The minimum absolute atomic E-state index is 0.181. The third-order valence-electron chi connectivity index (χ3n) is 5.89. The maximum Gasteiger partial charge on any atom is 0.236 e. The largest absolute Gasteiger partial charge is 0.344 e. The Morgan fingerprint density at radius 1 is 1.08 bits per heavy atom. The molecule has 0 radical (unpaired) electrons. The summed E-state index contributed by atoms with van der Waals surface area (Å²) in [5.41, 5.74) is 0. The van der Waals surface area contributed by atoms with Crippen LogP contribution in [0.25, 0.3) is 0 Å². The first-order valence-corrected chi connectivity index (χ1v) is 9.40. The zero-order valence-corrected chi connectivity index (χ0v) is 15.4. The fraction of sp³-hybridized carbons (Fsp3) is 0.889. The van der Waals surface area contributed by atoms with Crippen molar-refractivity contribution in [1.82, 2.24) is 19.6 Å². The van der Waals surface area contributed by atoms with E-state index in [-0.39, 0.29) is 11.8 Å². The SMILES string of the molecule is CC(=O)N1CCN([C@H]2CN(CC(=O)N(C)CC3CC3)C[C@@H]2C)CC1. The Labute approximate surface area is 145 Å². The van der Waals surface area contributed by atoms with Crippen molar-refractivity contribution in [2.45, 2.75) is 32.7 Å². The average molecular weight is 336 g/mol. The average Bonchev–Trinajstić information content (AvgIpc) is 3.29. The van der Waals surface area contributed by atoms with Crippen molar-refractivity contribution in [3.8, 4) is 0 Å². The molecule has 6 nitrogen and oxygen atoms in total. The van der Waals surface area contributed by atoms with Crippen LogP contribution in [0, 0.1) is 11.8 Å².